The molecule has 160 valence electrons. The van der Waals surface area contributed by atoms with Gasteiger partial charge < -0.3 is 15.1 Å². The molecule has 0 radical (unpaired) electrons. The summed E-state index contributed by atoms with van der Waals surface area (Å²) in [7, 11) is 0. The lowest BCUT2D eigenvalue weighted by atomic mass is 10.1. The molecule has 2 amide bonds. The molecular formula is C23H36N4O2. The normalized spacial score (nSPS) is 20.1. The summed E-state index contributed by atoms with van der Waals surface area (Å²) in [6.45, 7) is 12.8. The van der Waals surface area contributed by atoms with Crippen molar-refractivity contribution in [3.8, 4) is 0 Å². The van der Waals surface area contributed by atoms with E-state index < -0.39 is 0 Å². The first kappa shape index (κ1) is 21.8. The SMILES string of the molecule is CCN1CCCC1CN(CCC(=O)N1CCNCC1)C(=O)c1cc(C)cc(C)c1. The summed E-state index contributed by atoms with van der Waals surface area (Å²) < 4.78 is 0. The molecule has 1 N–H and O–H groups in total. The Morgan fingerprint density at radius 3 is 2.45 bits per heavy atom. The molecule has 0 aliphatic carbocycles. The maximum Gasteiger partial charge on any atom is 0.253 e. The van der Waals surface area contributed by atoms with Crippen LogP contribution in [0.25, 0.3) is 0 Å². The molecule has 6 heteroatoms. The Bertz CT molecular complexity index is 695. The number of carbonyl (C=O) groups excluding carboxylic acids is 2. The highest BCUT2D eigenvalue weighted by atomic mass is 16.2. The fourth-order valence-electron chi connectivity index (χ4n) is 4.63. The molecule has 0 aromatic heterocycles. The van der Waals surface area contributed by atoms with Gasteiger partial charge in [0.15, 0.2) is 0 Å². The van der Waals surface area contributed by atoms with Crippen molar-refractivity contribution in [3.63, 3.8) is 0 Å². The number of likely N-dealkylation sites (N-methyl/N-ethyl adjacent to an activating group) is 1. The molecule has 2 fully saturated rings. The van der Waals surface area contributed by atoms with Crippen LogP contribution in [0.1, 0.15) is 47.7 Å². The van der Waals surface area contributed by atoms with Crippen LogP contribution in [0.5, 0.6) is 0 Å². The van der Waals surface area contributed by atoms with Gasteiger partial charge in [0.25, 0.3) is 5.91 Å². The van der Waals surface area contributed by atoms with Gasteiger partial charge in [-0.25, -0.2) is 0 Å². The molecule has 1 atom stereocenters. The highest BCUT2D eigenvalue weighted by molar-refractivity contribution is 5.95. The minimum absolute atomic E-state index is 0.0489. The zero-order valence-electron chi connectivity index (χ0n) is 18.2. The van der Waals surface area contributed by atoms with Crippen molar-refractivity contribution in [1.29, 1.82) is 0 Å². The standard InChI is InChI=1S/C23H36N4O2/c1-4-25-10-5-6-21(25)17-27(11-7-22(28)26-12-8-24-9-13-26)23(29)20-15-18(2)14-19(3)16-20/h14-16,21,24H,4-13,17H2,1-3H3. The van der Waals surface area contributed by atoms with Gasteiger partial charge >= 0.3 is 0 Å². The Morgan fingerprint density at radius 1 is 1.10 bits per heavy atom. The van der Waals surface area contributed by atoms with Crippen LogP contribution in [0.4, 0.5) is 0 Å². The van der Waals surface area contributed by atoms with Crippen molar-refractivity contribution in [1.82, 2.24) is 20.0 Å². The molecule has 1 aromatic carbocycles. The van der Waals surface area contributed by atoms with Crippen molar-refractivity contribution >= 4 is 11.8 Å². The number of carbonyl (C=O) groups is 2. The van der Waals surface area contributed by atoms with E-state index >= 15 is 0 Å². The molecule has 2 aliphatic rings. The smallest absolute Gasteiger partial charge is 0.253 e. The van der Waals surface area contributed by atoms with Crippen molar-refractivity contribution in [2.24, 2.45) is 0 Å². The molecule has 2 saturated heterocycles. The number of nitrogens with one attached hydrogen (secondary N) is 1. The molecule has 0 saturated carbocycles. The third-order valence-electron chi connectivity index (χ3n) is 6.16. The van der Waals surface area contributed by atoms with E-state index in [4.69, 9.17) is 0 Å². The number of nitrogens with zero attached hydrogens (tertiary/aromatic N) is 3. The monoisotopic (exact) mass is 400 g/mol. The Hall–Kier alpha value is -1.92. The summed E-state index contributed by atoms with van der Waals surface area (Å²) >= 11 is 0. The van der Waals surface area contributed by atoms with Gasteiger partial charge in [0.1, 0.15) is 0 Å². The molecule has 29 heavy (non-hydrogen) atoms. The predicted octanol–water partition coefficient (Wildman–Crippen LogP) is 2.05. The quantitative estimate of drug-likeness (QED) is 0.761. The maximum atomic E-state index is 13.4. The highest BCUT2D eigenvalue weighted by Gasteiger charge is 2.28. The third kappa shape index (κ3) is 5.80. The number of rotatable bonds is 7. The molecule has 0 spiro atoms. The molecule has 2 heterocycles. The van der Waals surface area contributed by atoms with Crippen LogP contribution in [0, 0.1) is 13.8 Å². The van der Waals surface area contributed by atoms with Crippen LogP contribution in [-0.2, 0) is 4.79 Å². The molecule has 0 bridgehead atoms. The van der Waals surface area contributed by atoms with Crippen molar-refractivity contribution in [2.75, 3.05) is 52.4 Å². The van der Waals surface area contributed by atoms with E-state index in [1.807, 2.05) is 35.8 Å². The molecule has 6 nitrogen and oxygen atoms in total. The Morgan fingerprint density at radius 2 is 1.79 bits per heavy atom. The lowest BCUT2D eigenvalue weighted by Crippen LogP contribution is -2.48. The first-order valence-electron chi connectivity index (χ1n) is 11.1. The first-order chi connectivity index (χ1) is 14.0. The van der Waals surface area contributed by atoms with Gasteiger partial charge in [-0.15, -0.1) is 0 Å². The fraction of sp³-hybridized carbons (Fsp3) is 0.652. The zero-order valence-corrected chi connectivity index (χ0v) is 18.2. The van der Waals surface area contributed by atoms with Gasteiger partial charge in [-0.05, 0) is 51.9 Å². The van der Waals surface area contributed by atoms with Crippen molar-refractivity contribution in [3.05, 3.63) is 34.9 Å². The van der Waals surface area contributed by atoms with Crippen LogP contribution in [0.2, 0.25) is 0 Å². The predicted molar refractivity (Wildman–Crippen MR) is 116 cm³/mol. The molecule has 2 aliphatic heterocycles. The summed E-state index contributed by atoms with van der Waals surface area (Å²) in [4.78, 5) is 32.4. The van der Waals surface area contributed by atoms with Crippen molar-refractivity contribution in [2.45, 2.75) is 46.1 Å². The lowest BCUT2D eigenvalue weighted by molar-refractivity contribution is -0.132. The number of amides is 2. The van der Waals surface area contributed by atoms with Gasteiger partial charge in [0.05, 0.1) is 0 Å². The summed E-state index contributed by atoms with van der Waals surface area (Å²) in [5.41, 5.74) is 2.93. The summed E-state index contributed by atoms with van der Waals surface area (Å²) in [6.07, 6.45) is 2.70. The van der Waals surface area contributed by atoms with E-state index in [0.29, 0.717) is 25.6 Å². The third-order valence-corrected chi connectivity index (χ3v) is 6.16. The molecule has 3 rings (SSSR count). The highest BCUT2D eigenvalue weighted by Crippen LogP contribution is 2.20. The number of benzene rings is 1. The zero-order chi connectivity index (χ0) is 20.8. The van der Waals surface area contributed by atoms with E-state index in [1.165, 1.54) is 6.42 Å². The number of piperazine rings is 1. The summed E-state index contributed by atoms with van der Waals surface area (Å²) in [5.74, 6) is 0.205. The van der Waals surface area contributed by atoms with Crippen molar-refractivity contribution < 1.29 is 9.59 Å². The van der Waals surface area contributed by atoms with Crippen LogP contribution in [0.15, 0.2) is 18.2 Å². The summed E-state index contributed by atoms with van der Waals surface area (Å²) in [6, 6.07) is 6.41. The minimum atomic E-state index is 0.0489. The van der Waals surface area contributed by atoms with E-state index in [1.54, 1.807) is 0 Å². The molecule has 1 aromatic rings. The number of likely N-dealkylation sites (tertiary alicyclic amines) is 1. The average Bonchev–Trinajstić information content (AvgIpc) is 3.17. The maximum absolute atomic E-state index is 13.4. The van der Waals surface area contributed by atoms with E-state index in [0.717, 1.165) is 62.4 Å². The fourth-order valence-corrected chi connectivity index (χ4v) is 4.63. The minimum Gasteiger partial charge on any atom is -0.340 e. The van der Waals surface area contributed by atoms with Crippen LogP contribution < -0.4 is 5.32 Å². The lowest BCUT2D eigenvalue weighted by Gasteiger charge is -2.32. The van der Waals surface area contributed by atoms with Gasteiger partial charge in [-0.3, -0.25) is 14.5 Å². The van der Waals surface area contributed by atoms with Crippen LogP contribution in [-0.4, -0.2) is 84.9 Å². The Kier molecular flexibility index (Phi) is 7.67. The summed E-state index contributed by atoms with van der Waals surface area (Å²) in [5, 5.41) is 3.28. The molecular weight excluding hydrogens is 364 g/mol. The average molecular weight is 401 g/mol. The van der Waals surface area contributed by atoms with Gasteiger partial charge in [0.2, 0.25) is 5.91 Å². The van der Waals surface area contributed by atoms with E-state index in [-0.39, 0.29) is 11.8 Å². The topological polar surface area (TPSA) is 55.9 Å². The number of hydrogen-bond acceptors (Lipinski definition) is 4. The Labute approximate surface area is 175 Å². The van der Waals surface area contributed by atoms with Crippen LogP contribution in [0.3, 0.4) is 0 Å². The Balaban J connectivity index is 1.71. The van der Waals surface area contributed by atoms with Gasteiger partial charge in [-0.2, -0.15) is 0 Å². The second-order valence-corrected chi connectivity index (χ2v) is 8.43. The van der Waals surface area contributed by atoms with E-state index in [2.05, 4.69) is 23.2 Å². The number of hydrogen-bond donors (Lipinski definition) is 1. The van der Waals surface area contributed by atoms with Gasteiger partial charge in [-0.1, -0.05) is 24.1 Å². The second-order valence-electron chi connectivity index (χ2n) is 8.43. The van der Waals surface area contributed by atoms with Crippen LogP contribution >= 0.6 is 0 Å². The van der Waals surface area contributed by atoms with E-state index in [9.17, 15) is 9.59 Å². The second kappa shape index (κ2) is 10.2. The largest absolute Gasteiger partial charge is 0.340 e. The molecule has 1 unspecified atom stereocenters. The van der Waals surface area contributed by atoms with Gasteiger partial charge in [0, 0.05) is 57.3 Å². The first-order valence-corrected chi connectivity index (χ1v) is 11.1. The number of aryl methyl sites for hydroxylation is 2.